The summed E-state index contributed by atoms with van der Waals surface area (Å²) in [6.07, 6.45) is 1.66. The van der Waals surface area contributed by atoms with E-state index in [0.717, 1.165) is 43.2 Å². The molecule has 0 unspecified atom stereocenters. The minimum atomic E-state index is -0.142. The van der Waals surface area contributed by atoms with Crippen LogP contribution in [-0.2, 0) is 0 Å². The van der Waals surface area contributed by atoms with Crippen LogP contribution in [0.5, 0.6) is 0 Å². The van der Waals surface area contributed by atoms with Crippen molar-refractivity contribution >= 4 is 23.1 Å². The molecular weight excluding hydrogens is 360 g/mol. The van der Waals surface area contributed by atoms with Gasteiger partial charge in [0.2, 0.25) is 0 Å². The van der Waals surface area contributed by atoms with Gasteiger partial charge in [-0.05, 0) is 55.8 Å². The summed E-state index contributed by atoms with van der Waals surface area (Å²) in [7, 11) is 0. The highest BCUT2D eigenvalue weighted by atomic mass is 16.1. The number of hydrogen-bond donors (Lipinski definition) is 1. The van der Waals surface area contributed by atoms with Gasteiger partial charge in [0.15, 0.2) is 0 Å². The maximum Gasteiger partial charge on any atom is 0.257 e. The molecule has 29 heavy (non-hydrogen) atoms. The van der Waals surface area contributed by atoms with Crippen LogP contribution in [0.1, 0.15) is 21.5 Å². The molecule has 0 bridgehead atoms. The molecule has 1 N–H and O–H groups in total. The Morgan fingerprint density at radius 2 is 1.59 bits per heavy atom. The van der Waals surface area contributed by atoms with E-state index >= 15 is 0 Å². The predicted octanol–water partition coefficient (Wildman–Crippen LogP) is 4.28. The Labute approximate surface area is 172 Å². The fourth-order valence-electron chi connectivity index (χ4n) is 3.57. The molecule has 3 aromatic rings. The molecule has 1 saturated heterocycles. The zero-order valence-electron chi connectivity index (χ0n) is 16.9. The average Bonchev–Trinajstić information content (AvgIpc) is 2.75. The number of aryl methyl sites for hydroxylation is 2. The van der Waals surface area contributed by atoms with Gasteiger partial charge < -0.3 is 15.1 Å². The van der Waals surface area contributed by atoms with Crippen LogP contribution in [0.25, 0.3) is 0 Å². The predicted molar refractivity (Wildman–Crippen MR) is 119 cm³/mol. The van der Waals surface area contributed by atoms with Gasteiger partial charge >= 0.3 is 0 Å². The average molecular weight is 386 g/mol. The molecule has 4 rings (SSSR count). The Kier molecular flexibility index (Phi) is 5.47. The second-order valence-corrected chi connectivity index (χ2v) is 7.54. The number of carbonyl (C=O) groups is 1. The van der Waals surface area contributed by atoms with Crippen LogP contribution in [0.3, 0.4) is 0 Å². The molecule has 1 aliphatic rings. The van der Waals surface area contributed by atoms with Crippen LogP contribution in [0.2, 0.25) is 0 Å². The first kappa shape index (κ1) is 19.0. The molecule has 0 aliphatic carbocycles. The van der Waals surface area contributed by atoms with Crippen molar-refractivity contribution in [1.29, 1.82) is 0 Å². The van der Waals surface area contributed by atoms with Gasteiger partial charge in [-0.15, -0.1) is 0 Å². The largest absolute Gasteiger partial charge is 0.368 e. The third kappa shape index (κ3) is 4.57. The van der Waals surface area contributed by atoms with Crippen molar-refractivity contribution in [2.75, 3.05) is 41.3 Å². The van der Waals surface area contributed by atoms with Gasteiger partial charge in [-0.1, -0.05) is 29.8 Å². The molecule has 148 valence electrons. The van der Waals surface area contributed by atoms with Gasteiger partial charge in [0.25, 0.3) is 5.91 Å². The summed E-state index contributed by atoms with van der Waals surface area (Å²) in [5.41, 5.74) is 5.08. The van der Waals surface area contributed by atoms with Crippen molar-refractivity contribution in [3.8, 4) is 0 Å². The Morgan fingerprint density at radius 3 is 2.24 bits per heavy atom. The molecule has 2 heterocycles. The monoisotopic (exact) mass is 386 g/mol. The van der Waals surface area contributed by atoms with E-state index in [1.54, 1.807) is 6.20 Å². The summed E-state index contributed by atoms with van der Waals surface area (Å²) in [4.78, 5) is 21.7. The second kappa shape index (κ2) is 8.35. The van der Waals surface area contributed by atoms with Gasteiger partial charge in [0.1, 0.15) is 5.82 Å². The zero-order chi connectivity index (χ0) is 20.2. The van der Waals surface area contributed by atoms with Crippen molar-refractivity contribution in [3.05, 3.63) is 83.6 Å². The number of benzene rings is 2. The molecule has 1 fully saturated rings. The number of anilines is 3. The molecule has 0 spiro atoms. The summed E-state index contributed by atoms with van der Waals surface area (Å²) in [6, 6.07) is 20.2. The number of amides is 1. The van der Waals surface area contributed by atoms with Crippen LogP contribution < -0.4 is 15.1 Å². The molecule has 0 atom stereocenters. The first-order chi connectivity index (χ1) is 14.1. The first-order valence-corrected chi connectivity index (χ1v) is 9.99. The second-order valence-electron chi connectivity index (χ2n) is 7.54. The molecular formula is C24H26N4O. The van der Waals surface area contributed by atoms with Crippen molar-refractivity contribution < 1.29 is 4.79 Å². The lowest BCUT2D eigenvalue weighted by atomic mass is 10.2. The zero-order valence-corrected chi connectivity index (χ0v) is 16.9. The molecule has 0 radical (unpaired) electrons. The number of carbonyl (C=O) groups excluding carboxylic acids is 1. The minimum absolute atomic E-state index is 0.142. The van der Waals surface area contributed by atoms with Crippen LogP contribution >= 0.6 is 0 Å². The number of nitrogens with zero attached hydrogens (tertiary/aromatic N) is 3. The van der Waals surface area contributed by atoms with E-state index in [4.69, 9.17) is 0 Å². The molecule has 1 aliphatic heterocycles. The van der Waals surface area contributed by atoms with Crippen molar-refractivity contribution in [1.82, 2.24) is 4.98 Å². The Bertz CT molecular complexity index is 975. The van der Waals surface area contributed by atoms with E-state index in [2.05, 4.69) is 51.3 Å². The fourth-order valence-corrected chi connectivity index (χ4v) is 3.57. The van der Waals surface area contributed by atoms with Crippen LogP contribution in [0.4, 0.5) is 17.2 Å². The van der Waals surface area contributed by atoms with Gasteiger partial charge in [-0.25, -0.2) is 4.98 Å². The van der Waals surface area contributed by atoms with E-state index in [1.807, 2.05) is 43.3 Å². The number of aromatic nitrogens is 1. The highest BCUT2D eigenvalue weighted by Crippen LogP contribution is 2.20. The minimum Gasteiger partial charge on any atom is -0.368 e. The Morgan fingerprint density at radius 1 is 0.862 bits per heavy atom. The van der Waals surface area contributed by atoms with Gasteiger partial charge in [0, 0.05) is 43.8 Å². The van der Waals surface area contributed by atoms with Crippen molar-refractivity contribution in [2.45, 2.75) is 13.8 Å². The highest BCUT2D eigenvalue weighted by molar-refractivity contribution is 6.04. The number of rotatable bonds is 4. The lowest BCUT2D eigenvalue weighted by molar-refractivity contribution is 0.102. The molecule has 2 aromatic carbocycles. The highest BCUT2D eigenvalue weighted by Gasteiger charge is 2.19. The van der Waals surface area contributed by atoms with Crippen LogP contribution in [-0.4, -0.2) is 37.1 Å². The van der Waals surface area contributed by atoms with E-state index in [1.165, 1.54) is 11.3 Å². The summed E-state index contributed by atoms with van der Waals surface area (Å²) in [5.74, 6) is 0.776. The quantitative estimate of drug-likeness (QED) is 0.727. The summed E-state index contributed by atoms with van der Waals surface area (Å²) in [6.45, 7) is 7.89. The third-order valence-corrected chi connectivity index (χ3v) is 5.29. The number of piperazine rings is 1. The standard InChI is InChI=1S/C24H26N4O/c1-18-6-9-21(10-7-18)26-24(29)20-8-11-23(25-17-20)28-14-12-27(13-15-28)22-5-3-4-19(2)16-22/h3-11,16-17H,12-15H2,1-2H3,(H,26,29). The summed E-state index contributed by atoms with van der Waals surface area (Å²) >= 11 is 0. The van der Waals surface area contributed by atoms with Crippen LogP contribution in [0.15, 0.2) is 66.9 Å². The number of hydrogen-bond acceptors (Lipinski definition) is 4. The molecule has 5 nitrogen and oxygen atoms in total. The molecule has 1 amide bonds. The van der Waals surface area contributed by atoms with Gasteiger partial charge in [-0.2, -0.15) is 0 Å². The van der Waals surface area contributed by atoms with Crippen LogP contribution in [0, 0.1) is 13.8 Å². The lowest BCUT2D eigenvalue weighted by Gasteiger charge is -2.36. The lowest BCUT2D eigenvalue weighted by Crippen LogP contribution is -2.46. The van der Waals surface area contributed by atoms with E-state index in [0.29, 0.717) is 5.56 Å². The molecule has 5 heteroatoms. The maximum atomic E-state index is 12.4. The Hall–Kier alpha value is -3.34. The fraction of sp³-hybridized carbons (Fsp3) is 0.250. The smallest absolute Gasteiger partial charge is 0.257 e. The van der Waals surface area contributed by atoms with Gasteiger partial charge in [-0.3, -0.25) is 4.79 Å². The SMILES string of the molecule is Cc1ccc(NC(=O)c2ccc(N3CCN(c4cccc(C)c4)CC3)nc2)cc1. The topological polar surface area (TPSA) is 48.5 Å². The number of nitrogens with one attached hydrogen (secondary N) is 1. The summed E-state index contributed by atoms with van der Waals surface area (Å²) in [5, 5.41) is 2.91. The van der Waals surface area contributed by atoms with Crippen molar-refractivity contribution in [2.24, 2.45) is 0 Å². The maximum absolute atomic E-state index is 12.4. The Balaban J connectivity index is 1.36. The third-order valence-electron chi connectivity index (χ3n) is 5.29. The molecule has 1 aromatic heterocycles. The van der Waals surface area contributed by atoms with E-state index < -0.39 is 0 Å². The van der Waals surface area contributed by atoms with E-state index in [-0.39, 0.29) is 5.91 Å². The normalized spacial score (nSPS) is 14.0. The van der Waals surface area contributed by atoms with Gasteiger partial charge in [0.05, 0.1) is 5.56 Å². The first-order valence-electron chi connectivity index (χ1n) is 9.99. The molecule has 0 saturated carbocycles. The van der Waals surface area contributed by atoms with Crippen molar-refractivity contribution in [3.63, 3.8) is 0 Å². The number of pyridine rings is 1. The summed E-state index contributed by atoms with van der Waals surface area (Å²) < 4.78 is 0. The van der Waals surface area contributed by atoms with E-state index in [9.17, 15) is 4.79 Å².